The maximum atomic E-state index is 13.5. The fourth-order valence-corrected chi connectivity index (χ4v) is 3.59. The van der Waals surface area contributed by atoms with Gasteiger partial charge in [0.1, 0.15) is 16.6 Å². The van der Waals surface area contributed by atoms with E-state index in [4.69, 9.17) is 4.52 Å². The number of halogens is 1. The van der Waals surface area contributed by atoms with E-state index in [0.717, 1.165) is 22.6 Å². The van der Waals surface area contributed by atoms with Gasteiger partial charge in [0.2, 0.25) is 0 Å². The molecule has 7 heteroatoms. The number of thioether (sulfide) groups is 1. The molecule has 0 spiro atoms. The van der Waals surface area contributed by atoms with E-state index in [2.05, 4.69) is 15.5 Å². The van der Waals surface area contributed by atoms with Crippen LogP contribution in [0.5, 0.6) is 0 Å². The van der Waals surface area contributed by atoms with Gasteiger partial charge in [-0.15, -0.1) is 11.8 Å². The highest BCUT2D eigenvalue weighted by Crippen LogP contribution is 2.28. The van der Waals surface area contributed by atoms with Crippen molar-refractivity contribution in [3.05, 3.63) is 70.5 Å². The third-order valence-corrected chi connectivity index (χ3v) is 5.03. The lowest BCUT2D eigenvalue weighted by molar-refractivity contribution is 0.102. The molecule has 0 aliphatic carbocycles. The Morgan fingerprint density at radius 2 is 2.08 bits per heavy atom. The SMILES string of the molecule is Cc1ccc(F)cc1NC(=O)c1cccnc1SCc1c(C)noc1C. The van der Waals surface area contributed by atoms with Crippen molar-refractivity contribution in [2.75, 3.05) is 5.32 Å². The van der Waals surface area contributed by atoms with Crippen molar-refractivity contribution in [2.45, 2.75) is 31.6 Å². The van der Waals surface area contributed by atoms with E-state index in [-0.39, 0.29) is 5.91 Å². The molecule has 0 saturated carbocycles. The molecule has 134 valence electrons. The maximum absolute atomic E-state index is 13.5. The first kappa shape index (κ1) is 18.1. The molecule has 0 fully saturated rings. The predicted octanol–water partition coefficient (Wildman–Crippen LogP) is 4.68. The zero-order valence-electron chi connectivity index (χ0n) is 14.7. The van der Waals surface area contributed by atoms with Gasteiger partial charge in [0, 0.05) is 23.2 Å². The minimum Gasteiger partial charge on any atom is -0.361 e. The Morgan fingerprint density at radius 1 is 1.27 bits per heavy atom. The number of rotatable bonds is 5. The summed E-state index contributed by atoms with van der Waals surface area (Å²) in [4.78, 5) is 17.0. The van der Waals surface area contributed by atoms with Crippen molar-refractivity contribution in [3.8, 4) is 0 Å². The molecule has 1 amide bonds. The smallest absolute Gasteiger partial charge is 0.258 e. The van der Waals surface area contributed by atoms with E-state index in [1.54, 1.807) is 24.4 Å². The summed E-state index contributed by atoms with van der Waals surface area (Å²) < 4.78 is 18.6. The van der Waals surface area contributed by atoms with E-state index in [0.29, 0.717) is 22.0 Å². The van der Waals surface area contributed by atoms with E-state index in [1.165, 1.54) is 23.9 Å². The molecule has 2 aromatic heterocycles. The highest BCUT2D eigenvalue weighted by molar-refractivity contribution is 7.98. The minimum absolute atomic E-state index is 0.326. The molecule has 26 heavy (non-hydrogen) atoms. The summed E-state index contributed by atoms with van der Waals surface area (Å²) in [7, 11) is 0. The number of carbonyl (C=O) groups is 1. The number of nitrogens with one attached hydrogen (secondary N) is 1. The average Bonchev–Trinajstić information content (AvgIpc) is 2.94. The second-order valence-corrected chi connectivity index (χ2v) is 6.82. The Morgan fingerprint density at radius 3 is 2.81 bits per heavy atom. The molecular formula is C19H18FN3O2S. The van der Waals surface area contributed by atoms with Gasteiger partial charge in [-0.25, -0.2) is 9.37 Å². The van der Waals surface area contributed by atoms with Crippen molar-refractivity contribution in [1.82, 2.24) is 10.1 Å². The largest absolute Gasteiger partial charge is 0.361 e. The fourth-order valence-electron chi connectivity index (χ4n) is 2.45. The van der Waals surface area contributed by atoms with Crippen LogP contribution in [0.3, 0.4) is 0 Å². The van der Waals surface area contributed by atoms with Crippen LogP contribution in [-0.2, 0) is 5.75 Å². The van der Waals surface area contributed by atoms with Crippen LogP contribution in [0.15, 0.2) is 46.1 Å². The van der Waals surface area contributed by atoms with Gasteiger partial charge in [-0.1, -0.05) is 11.2 Å². The molecule has 2 heterocycles. The number of hydrogen-bond acceptors (Lipinski definition) is 5. The van der Waals surface area contributed by atoms with Crippen molar-refractivity contribution < 1.29 is 13.7 Å². The van der Waals surface area contributed by atoms with Crippen molar-refractivity contribution in [2.24, 2.45) is 0 Å². The van der Waals surface area contributed by atoms with Gasteiger partial charge in [-0.05, 0) is 50.6 Å². The van der Waals surface area contributed by atoms with Gasteiger partial charge in [-0.3, -0.25) is 4.79 Å². The van der Waals surface area contributed by atoms with Crippen LogP contribution in [0, 0.1) is 26.6 Å². The van der Waals surface area contributed by atoms with Crippen molar-refractivity contribution in [3.63, 3.8) is 0 Å². The first-order valence-corrected chi connectivity index (χ1v) is 9.01. The van der Waals surface area contributed by atoms with E-state index in [1.807, 2.05) is 20.8 Å². The number of aromatic nitrogens is 2. The van der Waals surface area contributed by atoms with Crippen LogP contribution in [0.1, 0.15) is 32.9 Å². The van der Waals surface area contributed by atoms with Gasteiger partial charge in [0.25, 0.3) is 5.91 Å². The van der Waals surface area contributed by atoms with Crippen LogP contribution in [0.25, 0.3) is 0 Å². The summed E-state index contributed by atoms with van der Waals surface area (Å²) in [6.07, 6.45) is 1.64. The molecule has 0 saturated heterocycles. The van der Waals surface area contributed by atoms with Crippen molar-refractivity contribution in [1.29, 1.82) is 0 Å². The number of pyridine rings is 1. The summed E-state index contributed by atoms with van der Waals surface area (Å²) in [5.74, 6) is 0.628. The van der Waals surface area contributed by atoms with Gasteiger partial charge in [0.05, 0.1) is 11.3 Å². The Bertz CT molecular complexity index is 936. The minimum atomic E-state index is -0.398. The second-order valence-electron chi connectivity index (χ2n) is 5.86. The number of amides is 1. The van der Waals surface area contributed by atoms with E-state index in [9.17, 15) is 9.18 Å². The molecule has 0 bridgehead atoms. The first-order chi connectivity index (χ1) is 12.5. The lowest BCUT2D eigenvalue weighted by Gasteiger charge is -2.11. The van der Waals surface area contributed by atoms with Crippen molar-refractivity contribution >= 4 is 23.4 Å². The summed E-state index contributed by atoms with van der Waals surface area (Å²) >= 11 is 1.43. The standard InChI is InChI=1S/C19H18FN3O2S/c1-11-6-7-14(20)9-17(11)22-18(24)15-5-4-8-21-19(15)26-10-16-12(2)23-25-13(16)3/h4-9H,10H2,1-3H3,(H,22,24). The Balaban J connectivity index is 1.80. The monoisotopic (exact) mass is 371 g/mol. The second kappa shape index (κ2) is 7.70. The Hall–Kier alpha value is -2.67. The lowest BCUT2D eigenvalue weighted by Crippen LogP contribution is -2.14. The number of hydrogen-bond donors (Lipinski definition) is 1. The fraction of sp³-hybridized carbons (Fsp3) is 0.211. The third-order valence-electron chi connectivity index (χ3n) is 4.00. The zero-order valence-corrected chi connectivity index (χ0v) is 15.5. The lowest BCUT2D eigenvalue weighted by atomic mass is 10.2. The number of carbonyl (C=O) groups excluding carboxylic acids is 1. The maximum Gasteiger partial charge on any atom is 0.258 e. The van der Waals surface area contributed by atoms with Crippen LogP contribution in [0.4, 0.5) is 10.1 Å². The van der Waals surface area contributed by atoms with Gasteiger partial charge >= 0.3 is 0 Å². The van der Waals surface area contributed by atoms with Crippen LogP contribution in [0.2, 0.25) is 0 Å². The molecule has 3 aromatic rings. The summed E-state index contributed by atoms with van der Waals surface area (Å²) in [6.45, 7) is 5.55. The Labute approximate surface area is 155 Å². The zero-order chi connectivity index (χ0) is 18.7. The molecule has 3 rings (SSSR count). The molecule has 0 radical (unpaired) electrons. The highest BCUT2D eigenvalue weighted by atomic mass is 32.2. The quantitative estimate of drug-likeness (QED) is 0.660. The van der Waals surface area contributed by atoms with Gasteiger partial charge < -0.3 is 9.84 Å². The molecule has 0 aliphatic heterocycles. The molecule has 5 nitrogen and oxygen atoms in total. The molecule has 1 N–H and O–H groups in total. The van der Waals surface area contributed by atoms with E-state index < -0.39 is 5.82 Å². The number of anilines is 1. The van der Waals surface area contributed by atoms with Gasteiger partial charge in [0.15, 0.2) is 0 Å². The first-order valence-electron chi connectivity index (χ1n) is 8.02. The van der Waals surface area contributed by atoms with Crippen LogP contribution >= 0.6 is 11.8 Å². The summed E-state index contributed by atoms with van der Waals surface area (Å²) in [5, 5.41) is 7.29. The molecular weight excluding hydrogens is 353 g/mol. The number of nitrogens with zero attached hydrogens (tertiary/aromatic N) is 2. The van der Waals surface area contributed by atoms with Crippen LogP contribution < -0.4 is 5.32 Å². The predicted molar refractivity (Wildman–Crippen MR) is 98.9 cm³/mol. The average molecular weight is 371 g/mol. The molecule has 0 aliphatic rings. The molecule has 0 atom stereocenters. The normalized spacial score (nSPS) is 10.8. The third kappa shape index (κ3) is 3.94. The highest BCUT2D eigenvalue weighted by Gasteiger charge is 2.16. The molecule has 1 aromatic carbocycles. The van der Waals surface area contributed by atoms with E-state index >= 15 is 0 Å². The number of aryl methyl sites for hydroxylation is 3. The Kier molecular flexibility index (Phi) is 5.37. The summed E-state index contributed by atoms with van der Waals surface area (Å²) in [5.41, 5.74) is 3.49. The number of benzene rings is 1. The van der Waals surface area contributed by atoms with Crippen LogP contribution in [-0.4, -0.2) is 16.0 Å². The topological polar surface area (TPSA) is 68.0 Å². The van der Waals surface area contributed by atoms with Gasteiger partial charge in [-0.2, -0.15) is 0 Å². The molecule has 0 unspecified atom stereocenters. The summed E-state index contributed by atoms with van der Waals surface area (Å²) in [6, 6.07) is 7.70.